The maximum atomic E-state index is 11.1. The molecule has 0 bridgehead atoms. The van der Waals surface area contributed by atoms with Gasteiger partial charge in [-0.2, -0.15) is 0 Å². The van der Waals surface area contributed by atoms with Crippen molar-refractivity contribution < 1.29 is 14.7 Å². The molecule has 0 saturated carbocycles. The summed E-state index contributed by atoms with van der Waals surface area (Å²) in [6.45, 7) is 1.55. The lowest BCUT2D eigenvalue weighted by Crippen LogP contribution is -2.64. The molecule has 0 aliphatic carbocycles. The molecule has 2 fully saturated rings. The lowest BCUT2D eigenvalue weighted by atomic mass is 9.98. The molecule has 0 aromatic carbocycles. The van der Waals surface area contributed by atoms with E-state index in [0.717, 1.165) is 0 Å². The van der Waals surface area contributed by atoms with E-state index in [-0.39, 0.29) is 11.3 Å². The minimum absolute atomic E-state index is 0.0725. The number of amides is 1. The van der Waals surface area contributed by atoms with Gasteiger partial charge in [-0.05, 0) is 6.92 Å². The number of thioether (sulfide) groups is 1. The van der Waals surface area contributed by atoms with Crippen LogP contribution in [0.25, 0.3) is 0 Å². The third-order valence-electron chi connectivity index (χ3n) is 2.43. The predicted octanol–water partition coefficient (Wildman–Crippen LogP) is -1.20. The van der Waals surface area contributed by atoms with E-state index < -0.39 is 11.5 Å². The molecule has 1 amide bonds. The highest BCUT2D eigenvalue weighted by molar-refractivity contribution is 8.00. The van der Waals surface area contributed by atoms with E-state index in [1.165, 1.54) is 16.7 Å². The monoisotopic (exact) mass is 186 g/mol. The quantitative estimate of drug-likeness (QED) is 0.483. The molecule has 12 heavy (non-hydrogen) atoms. The summed E-state index contributed by atoms with van der Waals surface area (Å²) >= 11 is 1.52. The highest BCUT2D eigenvalue weighted by Crippen LogP contribution is 2.44. The summed E-state index contributed by atoms with van der Waals surface area (Å²) in [5.74, 6) is -0.770. The fourth-order valence-corrected chi connectivity index (χ4v) is 3.13. The van der Waals surface area contributed by atoms with Gasteiger partial charge in [-0.15, -0.1) is 11.8 Å². The largest absolute Gasteiger partial charge is 0.548 e. The zero-order chi connectivity index (χ0) is 8.93. The zero-order valence-electron chi connectivity index (χ0n) is 6.57. The minimum atomic E-state index is -1.15. The summed E-state index contributed by atoms with van der Waals surface area (Å²) in [5.41, 5.74) is -1.06. The molecule has 2 saturated heterocycles. The zero-order valence-corrected chi connectivity index (χ0v) is 7.39. The Hall–Kier alpha value is -0.710. The van der Waals surface area contributed by atoms with Gasteiger partial charge in [0, 0.05) is 5.75 Å². The Morgan fingerprint density at radius 1 is 1.83 bits per heavy atom. The van der Waals surface area contributed by atoms with Crippen molar-refractivity contribution in [1.29, 1.82) is 0 Å². The molecule has 5 heteroatoms. The van der Waals surface area contributed by atoms with Crippen LogP contribution >= 0.6 is 11.8 Å². The maximum Gasteiger partial charge on any atom is 0.227 e. The Bertz CT molecular complexity index is 267. The van der Waals surface area contributed by atoms with E-state index >= 15 is 0 Å². The minimum Gasteiger partial charge on any atom is -0.548 e. The van der Waals surface area contributed by atoms with E-state index in [2.05, 4.69) is 0 Å². The molecule has 0 aromatic heterocycles. The number of hydrogen-bond acceptors (Lipinski definition) is 4. The highest BCUT2D eigenvalue weighted by Gasteiger charge is 2.53. The van der Waals surface area contributed by atoms with Crippen LogP contribution in [-0.2, 0) is 9.59 Å². The van der Waals surface area contributed by atoms with Crippen molar-refractivity contribution in [2.24, 2.45) is 0 Å². The van der Waals surface area contributed by atoms with Crippen LogP contribution in [0.5, 0.6) is 0 Å². The summed E-state index contributed by atoms with van der Waals surface area (Å²) in [4.78, 5) is 23.2. The second-order valence-corrected chi connectivity index (χ2v) is 4.46. The lowest BCUT2D eigenvalue weighted by Gasteiger charge is -2.44. The first kappa shape index (κ1) is 7.91. The van der Waals surface area contributed by atoms with Crippen LogP contribution in [0.1, 0.15) is 13.3 Å². The molecule has 2 unspecified atom stereocenters. The summed E-state index contributed by atoms with van der Waals surface area (Å²) in [6.07, 6.45) is 0.480. The number of carbonyl (C=O) groups excluding carboxylic acids is 2. The SMILES string of the molecule is CC1(C(=O)[O-])CSC2CC(=O)N21. The van der Waals surface area contributed by atoms with Crippen molar-refractivity contribution in [2.75, 3.05) is 5.75 Å². The van der Waals surface area contributed by atoms with Crippen molar-refractivity contribution in [3.8, 4) is 0 Å². The topological polar surface area (TPSA) is 60.4 Å². The molecule has 2 heterocycles. The number of aliphatic carboxylic acids is 1. The van der Waals surface area contributed by atoms with Crippen LogP contribution in [0, 0.1) is 0 Å². The van der Waals surface area contributed by atoms with Crippen LogP contribution in [0.3, 0.4) is 0 Å². The molecule has 2 aliphatic rings. The van der Waals surface area contributed by atoms with E-state index in [1.54, 1.807) is 6.92 Å². The fraction of sp³-hybridized carbons (Fsp3) is 0.714. The number of hydrogen-bond donors (Lipinski definition) is 0. The van der Waals surface area contributed by atoms with Gasteiger partial charge in [0.05, 0.1) is 23.3 Å². The number of rotatable bonds is 1. The number of carboxylic acid groups (broad SMARTS) is 1. The molecule has 2 atom stereocenters. The molecule has 2 aliphatic heterocycles. The van der Waals surface area contributed by atoms with Gasteiger partial charge in [-0.1, -0.05) is 0 Å². The van der Waals surface area contributed by atoms with Crippen molar-refractivity contribution in [3.63, 3.8) is 0 Å². The number of carboxylic acids is 1. The van der Waals surface area contributed by atoms with Crippen LogP contribution in [0.15, 0.2) is 0 Å². The van der Waals surface area contributed by atoms with Gasteiger partial charge >= 0.3 is 0 Å². The Morgan fingerprint density at radius 2 is 2.50 bits per heavy atom. The average Bonchev–Trinajstić information content (AvgIpc) is 2.22. The van der Waals surface area contributed by atoms with E-state index in [1.807, 2.05) is 0 Å². The first-order valence-electron chi connectivity index (χ1n) is 3.71. The Labute approximate surface area is 73.9 Å². The standard InChI is InChI=1S/C7H9NO3S/c1-7(6(10)11)3-12-5-2-4(9)8(5)7/h5H,2-3H2,1H3,(H,10,11)/p-1. The van der Waals surface area contributed by atoms with Gasteiger partial charge < -0.3 is 14.8 Å². The second-order valence-electron chi connectivity index (χ2n) is 3.29. The number of fused-ring (bicyclic) bond motifs is 1. The molecule has 4 nitrogen and oxygen atoms in total. The van der Waals surface area contributed by atoms with Crippen molar-refractivity contribution in [2.45, 2.75) is 24.3 Å². The first-order valence-corrected chi connectivity index (χ1v) is 4.76. The van der Waals surface area contributed by atoms with Crippen LogP contribution in [0.2, 0.25) is 0 Å². The van der Waals surface area contributed by atoms with Crippen molar-refractivity contribution in [3.05, 3.63) is 0 Å². The Kier molecular flexibility index (Phi) is 1.42. The van der Waals surface area contributed by atoms with E-state index in [4.69, 9.17) is 0 Å². The Morgan fingerprint density at radius 3 is 2.92 bits per heavy atom. The van der Waals surface area contributed by atoms with Gasteiger partial charge in [0.1, 0.15) is 0 Å². The average molecular weight is 186 g/mol. The number of β-lactam (4-membered cyclic amide) rings is 1. The van der Waals surface area contributed by atoms with Gasteiger partial charge in [0.2, 0.25) is 5.91 Å². The summed E-state index contributed by atoms with van der Waals surface area (Å²) in [6, 6.07) is 0. The van der Waals surface area contributed by atoms with Crippen LogP contribution < -0.4 is 5.11 Å². The molecule has 0 spiro atoms. The summed E-state index contributed by atoms with van der Waals surface area (Å²) in [5, 5.41) is 10.8. The highest BCUT2D eigenvalue weighted by atomic mass is 32.2. The third kappa shape index (κ3) is 0.744. The van der Waals surface area contributed by atoms with Gasteiger partial charge in [-0.25, -0.2) is 0 Å². The van der Waals surface area contributed by atoms with Crippen molar-refractivity contribution in [1.82, 2.24) is 4.90 Å². The normalized spacial score (nSPS) is 39.2. The summed E-state index contributed by atoms with van der Waals surface area (Å²) in [7, 11) is 0. The second kappa shape index (κ2) is 2.16. The van der Waals surface area contributed by atoms with Gasteiger partial charge in [-0.3, -0.25) is 4.79 Å². The first-order chi connectivity index (χ1) is 5.55. The van der Waals surface area contributed by atoms with E-state index in [9.17, 15) is 14.7 Å². The van der Waals surface area contributed by atoms with Gasteiger partial charge in [0.25, 0.3) is 0 Å². The smallest absolute Gasteiger partial charge is 0.227 e. The van der Waals surface area contributed by atoms with Crippen LogP contribution in [0.4, 0.5) is 0 Å². The lowest BCUT2D eigenvalue weighted by molar-refractivity contribution is -0.317. The van der Waals surface area contributed by atoms with Gasteiger partial charge in [0.15, 0.2) is 0 Å². The number of carbonyl (C=O) groups is 2. The van der Waals surface area contributed by atoms with E-state index in [0.29, 0.717) is 12.2 Å². The molecule has 0 N–H and O–H groups in total. The molecule has 2 rings (SSSR count). The molecular formula is C7H8NO3S-. The maximum absolute atomic E-state index is 11.1. The summed E-state index contributed by atoms with van der Waals surface area (Å²) < 4.78 is 0. The third-order valence-corrected chi connectivity index (χ3v) is 3.93. The van der Waals surface area contributed by atoms with Crippen molar-refractivity contribution >= 4 is 23.6 Å². The molecular weight excluding hydrogens is 178 g/mol. The fourth-order valence-electron chi connectivity index (χ4n) is 1.60. The van der Waals surface area contributed by atoms with Crippen LogP contribution in [-0.4, -0.2) is 33.4 Å². The molecule has 0 aromatic rings. The molecule has 66 valence electrons. The Balaban J connectivity index is 2.28. The molecule has 0 radical (unpaired) electrons. The number of nitrogens with zero attached hydrogens (tertiary/aromatic N) is 1. The predicted molar refractivity (Wildman–Crippen MR) is 41.1 cm³/mol.